The van der Waals surface area contributed by atoms with Gasteiger partial charge in [-0.2, -0.15) is 5.10 Å². The zero-order valence-electron chi connectivity index (χ0n) is 16.4. The number of anilines is 1. The maximum atomic E-state index is 12.3. The van der Waals surface area contributed by atoms with Crippen molar-refractivity contribution in [1.82, 2.24) is 19.7 Å². The minimum absolute atomic E-state index is 0.225. The van der Waals surface area contributed by atoms with E-state index >= 15 is 0 Å². The van der Waals surface area contributed by atoms with Gasteiger partial charge in [-0.25, -0.2) is 14.5 Å². The Labute approximate surface area is 172 Å². The zero-order valence-corrected chi connectivity index (χ0v) is 17.2. The first-order valence-electron chi connectivity index (χ1n) is 9.16. The van der Waals surface area contributed by atoms with E-state index in [1.54, 1.807) is 30.5 Å². The molecule has 0 bridgehead atoms. The van der Waals surface area contributed by atoms with Crippen LogP contribution in [0.2, 0.25) is 0 Å². The van der Waals surface area contributed by atoms with Crippen molar-refractivity contribution >= 4 is 23.1 Å². The number of hydrogen-bond acceptors (Lipinski definition) is 6. The third kappa shape index (κ3) is 5.49. The number of thiazole rings is 1. The highest BCUT2D eigenvalue weighted by molar-refractivity contribution is 7.13. The van der Waals surface area contributed by atoms with Crippen molar-refractivity contribution in [3.05, 3.63) is 63.9 Å². The molecule has 3 rings (SSSR count). The van der Waals surface area contributed by atoms with Gasteiger partial charge in [-0.05, 0) is 50.8 Å². The summed E-state index contributed by atoms with van der Waals surface area (Å²) < 4.78 is 1.37. The Hall–Kier alpha value is -3.04. The molecule has 0 aliphatic rings. The van der Waals surface area contributed by atoms with E-state index in [4.69, 9.17) is 0 Å². The van der Waals surface area contributed by atoms with Crippen molar-refractivity contribution in [2.45, 2.75) is 13.0 Å². The summed E-state index contributed by atoms with van der Waals surface area (Å²) in [6.45, 7) is 1.44. The molecule has 0 fully saturated rings. The number of carboxylic acid groups (broad SMARTS) is 1. The summed E-state index contributed by atoms with van der Waals surface area (Å²) in [4.78, 5) is 31.5. The van der Waals surface area contributed by atoms with Gasteiger partial charge in [0.15, 0.2) is 0 Å². The first kappa shape index (κ1) is 20.7. The maximum Gasteiger partial charge on any atom is 0.411 e. The van der Waals surface area contributed by atoms with Gasteiger partial charge < -0.3 is 10.0 Å². The molecular weight excluding hydrogens is 390 g/mol. The SMILES string of the molecule is CN(C)CCCN(C(=O)O)c1cccc(Cn2nc(-c3nccs3)ccc2=O)c1. The van der Waals surface area contributed by atoms with Crippen molar-refractivity contribution < 1.29 is 9.90 Å². The van der Waals surface area contributed by atoms with E-state index in [0.717, 1.165) is 23.5 Å². The number of amides is 1. The molecule has 0 atom stereocenters. The minimum atomic E-state index is -0.998. The van der Waals surface area contributed by atoms with Gasteiger partial charge in [0.05, 0.1) is 6.54 Å². The number of nitrogens with zero attached hydrogens (tertiary/aromatic N) is 5. The molecule has 1 N–H and O–H groups in total. The molecule has 1 aromatic carbocycles. The van der Waals surface area contributed by atoms with Gasteiger partial charge in [-0.1, -0.05) is 12.1 Å². The van der Waals surface area contributed by atoms with Crippen LogP contribution in [0.4, 0.5) is 10.5 Å². The van der Waals surface area contributed by atoms with E-state index in [2.05, 4.69) is 10.1 Å². The molecule has 3 aromatic rings. The standard InChI is InChI=1S/C20H23N5O3S/c1-23(2)10-4-11-24(20(27)28)16-6-3-5-15(13-16)14-25-18(26)8-7-17(22-25)19-21-9-12-29-19/h3,5-9,12-13H,4,10-11,14H2,1-2H3,(H,27,28). The van der Waals surface area contributed by atoms with Gasteiger partial charge in [0, 0.05) is 29.9 Å². The van der Waals surface area contributed by atoms with Gasteiger partial charge in [0.2, 0.25) is 0 Å². The second kappa shape index (κ2) is 9.44. The molecular formula is C20H23N5O3S. The summed E-state index contributed by atoms with van der Waals surface area (Å²) in [5.74, 6) is 0. The molecule has 0 saturated carbocycles. The largest absolute Gasteiger partial charge is 0.465 e. The smallest absolute Gasteiger partial charge is 0.411 e. The lowest BCUT2D eigenvalue weighted by atomic mass is 10.2. The Balaban J connectivity index is 1.81. The van der Waals surface area contributed by atoms with Crippen LogP contribution < -0.4 is 10.5 Å². The first-order valence-corrected chi connectivity index (χ1v) is 10.0. The molecule has 0 spiro atoms. The zero-order chi connectivity index (χ0) is 20.8. The molecule has 29 heavy (non-hydrogen) atoms. The molecule has 1 amide bonds. The third-order valence-electron chi connectivity index (χ3n) is 4.29. The predicted molar refractivity (Wildman–Crippen MR) is 114 cm³/mol. The van der Waals surface area contributed by atoms with Crippen LogP contribution >= 0.6 is 11.3 Å². The second-order valence-corrected chi connectivity index (χ2v) is 7.71. The van der Waals surface area contributed by atoms with Gasteiger partial charge >= 0.3 is 6.09 Å². The van der Waals surface area contributed by atoms with Gasteiger partial charge in [0.25, 0.3) is 5.56 Å². The number of benzene rings is 1. The highest BCUT2D eigenvalue weighted by Gasteiger charge is 2.15. The van der Waals surface area contributed by atoms with Crippen LogP contribution in [0.5, 0.6) is 0 Å². The van der Waals surface area contributed by atoms with E-state index in [1.807, 2.05) is 30.4 Å². The van der Waals surface area contributed by atoms with Crippen LogP contribution in [0.1, 0.15) is 12.0 Å². The number of hydrogen-bond donors (Lipinski definition) is 1. The predicted octanol–water partition coefficient (Wildman–Crippen LogP) is 2.85. The summed E-state index contributed by atoms with van der Waals surface area (Å²) in [6.07, 6.45) is 1.42. The Morgan fingerprint density at radius 1 is 1.21 bits per heavy atom. The average Bonchev–Trinajstić information content (AvgIpc) is 3.21. The van der Waals surface area contributed by atoms with E-state index < -0.39 is 6.09 Å². The van der Waals surface area contributed by atoms with E-state index in [9.17, 15) is 14.7 Å². The van der Waals surface area contributed by atoms with Gasteiger partial charge in [-0.15, -0.1) is 11.3 Å². The van der Waals surface area contributed by atoms with Crippen LogP contribution in [-0.4, -0.2) is 58.0 Å². The molecule has 152 valence electrons. The molecule has 2 aromatic heterocycles. The molecule has 8 nitrogen and oxygen atoms in total. The van der Waals surface area contributed by atoms with Crippen molar-refractivity contribution in [2.24, 2.45) is 0 Å². The molecule has 2 heterocycles. The molecule has 0 saturated heterocycles. The van der Waals surface area contributed by atoms with Crippen molar-refractivity contribution in [1.29, 1.82) is 0 Å². The summed E-state index contributed by atoms with van der Waals surface area (Å²) >= 11 is 1.45. The summed E-state index contributed by atoms with van der Waals surface area (Å²) in [5, 5.41) is 16.6. The van der Waals surface area contributed by atoms with Crippen LogP contribution in [0.15, 0.2) is 52.8 Å². The normalized spacial score (nSPS) is 11.0. The Morgan fingerprint density at radius 2 is 2.03 bits per heavy atom. The second-order valence-electron chi connectivity index (χ2n) is 6.81. The molecule has 0 unspecified atom stereocenters. The lowest BCUT2D eigenvalue weighted by Gasteiger charge is -2.21. The van der Waals surface area contributed by atoms with Crippen molar-refractivity contribution in [3.63, 3.8) is 0 Å². The quantitative estimate of drug-likeness (QED) is 0.611. The van der Waals surface area contributed by atoms with Gasteiger partial charge in [0.1, 0.15) is 10.7 Å². The van der Waals surface area contributed by atoms with Gasteiger partial charge in [-0.3, -0.25) is 9.69 Å². The first-order chi connectivity index (χ1) is 13.9. The van der Waals surface area contributed by atoms with Crippen LogP contribution in [0, 0.1) is 0 Å². The summed E-state index contributed by atoms with van der Waals surface area (Å²) in [6, 6.07) is 10.3. The molecule has 0 radical (unpaired) electrons. The topological polar surface area (TPSA) is 91.6 Å². The summed E-state index contributed by atoms with van der Waals surface area (Å²) in [5.41, 5.74) is 1.79. The van der Waals surface area contributed by atoms with E-state index in [0.29, 0.717) is 17.9 Å². The summed E-state index contributed by atoms with van der Waals surface area (Å²) in [7, 11) is 3.91. The molecule has 0 aliphatic carbocycles. The Morgan fingerprint density at radius 3 is 2.72 bits per heavy atom. The highest BCUT2D eigenvalue weighted by atomic mass is 32.1. The fourth-order valence-electron chi connectivity index (χ4n) is 2.90. The van der Waals surface area contributed by atoms with E-state index in [1.165, 1.54) is 27.0 Å². The molecule has 0 aliphatic heterocycles. The third-order valence-corrected chi connectivity index (χ3v) is 5.09. The van der Waals surface area contributed by atoms with Crippen molar-refractivity contribution in [2.75, 3.05) is 32.1 Å². The van der Waals surface area contributed by atoms with Crippen molar-refractivity contribution in [3.8, 4) is 10.7 Å². The van der Waals surface area contributed by atoms with Crippen LogP contribution in [0.3, 0.4) is 0 Å². The number of aromatic nitrogens is 3. The monoisotopic (exact) mass is 413 g/mol. The van der Waals surface area contributed by atoms with Crippen LogP contribution in [-0.2, 0) is 6.54 Å². The molecule has 9 heteroatoms. The Bertz CT molecular complexity index is 1020. The number of rotatable bonds is 8. The average molecular weight is 414 g/mol. The fourth-order valence-corrected chi connectivity index (χ4v) is 3.50. The minimum Gasteiger partial charge on any atom is -0.465 e. The Kier molecular flexibility index (Phi) is 6.73. The lowest BCUT2D eigenvalue weighted by Crippen LogP contribution is -2.32. The van der Waals surface area contributed by atoms with E-state index in [-0.39, 0.29) is 12.1 Å². The number of carbonyl (C=O) groups is 1. The van der Waals surface area contributed by atoms with Crippen LogP contribution in [0.25, 0.3) is 10.7 Å². The highest BCUT2D eigenvalue weighted by Crippen LogP contribution is 2.19. The fraction of sp³-hybridized carbons (Fsp3) is 0.300. The lowest BCUT2D eigenvalue weighted by molar-refractivity contribution is 0.201. The maximum absolute atomic E-state index is 12.3.